The van der Waals surface area contributed by atoms with Crippen LogP contribution >= 0.6 is 0 Å². The van der Waals surface area contributed by atoms with E-state index >= 15 is 0 Å². The molecular formula is C22H29FN2O. The van der Waals surface area contributed by atoms with Gasteiger partial charge in [0.1, 0.15) is 0 Å². The zero-order valence-electron chi connectivity index (χ0n) is 15.5. The first-order valence-electron chi connectivity index (χ1n) is 9.69. The van der Waals surface area contributed by atoms with Crippen LogP contribution in [0.5, 0.6) is 11.5 Å². The first-order valence-corrected chi connectivity index (χ1v) is 9.69. The predicted molar refractivity (Wildman–Crippen MR) is 106 cm³/mol. The smallest absolute Gasteiger partial charge is 0.166 e. The number of nitrogens with two attached hydrogens (primary N) is 2. The Labute approximate surface area is 155 Å². The minimum Gasteiger partial charge on any atom is -0.452 e. The molecular weight excluding hydrogens is 327 g/mol. The Bertz CT molecular complexity index is 739. The van der Waals surface area contributed by atoms with Gasteiger partial charge in [0.25, 0.3) is 0 Å². The molecule has 0 spiro atoms. The quantitative estimate of drug-likeness (QED) is 0.602. The molecule has 0 unspecified atom stereocenters. The van der Waals surface area contributed by atoms with E-state index in [0.29, 0.717) is 23.0 Å². The van der Waals surface area contributed by atoms with Crippen LogP contribution in [0.4, 0.5) is 15.8 Å². The lowest BCUT2D eigenvalue weighted by Crippen LogP contribution is -2.13. The zero-order valence-corrected chi connectivity index (χ0v) is 15.5. The van der Waals surface area contributed by atoms with Crippen LogP contribution < -0.4 is 16.2 Å². The second-order valence-corrected chi connectivity index (χ2v) is 7.45. The molecule has 0 amide bonds. The van der Waals surface area contributed by atoms with E-state index < -0.39 is 0 Å². The molecule has 0 radical (unpaired) electrons. The minimum atomic E-state index is -0.341. The van der Waals surface area contributed by atoms with Gasteiger partial charge in [-0.25, -0.2) is 4.39 Å². The molecule has 2 aromatic carbocycles. The van der Waals surface area contributed by atoms with Gasteiger partial charge in [0, 0.05) is 5.69 Å². The van der Waals surface area contributed by atoms with Gasteiger partial charge in [-0.2, -0.15) is 0 Å². The van der Waals surface area contributed by atoms with Gasteiger partial charge in [0.2, 0.25) is 0 Å². The van der Waals surface area contributed by atoms with Crippen LogP contribution in [0.3, 0.4) is 0 Å². The third-order valence-electron chi connectivity index (χ3n) is 5.49. The molecule has 1 aliphatic rings. The number of rotatable bonds is 6. The van der Waals surface area contributed by atoms with Gasteiger partial charge < -0.3 is 16.2 Å². The SMILES string of the molecule is CCCCC1CCC(c2ccc(Oc3ccc(N)cc3N)c(F)c2)CC1. The molecule has 4 N–H and O–H groups in total. The van der Waals surface area contributed by atoms with E-state index in [0.717, 1.165) is 24.3 Å². The zero-order chi connectivity index (χ0) is 18.5. The molecule has 0 aromatic heterocycles. The summed E-state index contributed by atoms with van der Waals surface area (Å²) in [6, 6.07) is 10.3. The standard InChI is InChI=1S/C22H29FN2O/c1-2-3-4-15-5-7-16(8-6-15)17-9-11-21(19(23)13-17)26-22-12-10-18(24)14-20(22)25/h9-16H,2-8,24-25H2,1H3. The maximum Gasteiger partial charge on any atom is 0.166 e. The number of halogens is 1. The second kappa shape index (κ2) is 8.43. The highest BCUT2D eigenvalue weighted by Crippen LogP contribution is 2.39. The summed E-state index contributed by atoms with van der Waals surface area (Å²) in [7, 11) is 0. The molecule has 0 heterocycles. The van der Waals surface area contributed by atoms with Gasteiger partial charge in [-0.1, -0.05) is 32.3 Å². The maximum absolute atomic E-state index is 14.6. The van der Waals surface area contributed by atoms with Gasteiger partial charge in [0.05, 0.1) is 5.69 Å². The molecule has 1 fully saturated rings. The highest BCUT2D eigenvalue weighted by molar-refractivity contribution is 5.61. The molecule has 3 nitrogen and oxygen atoms in total. The minimum absolute atomic E-state index is 0.196. The number of anilines is 2. The topological polar surface area (TPSA) is 61.3 Å². The average Bonchev–Trinajstić information content (AvgIpc) is 2.64. The molecule has 2 aromatic rings. The van der Waals surface area contributed by atoms with E-state index in [-0.39, 0.29) is 11.6 Å². The van der Waals surface area contributed by atoms with Crippen LogP contribution in [-0.2, 0) is 0 Å². The van der Waals surface area contributed by atoms with Gasteiger partial charge in [0.15, 0.2) is 17.3 Å². The molecule has 1 aliphatic carbocycles. The van der Waals surface area contributed by atoms with Crippen molar-refractivity contribution in [1.29, 1.82) is 0 Å². The fourth-order valence-corrected chi connectivity index (χ4v) is 3.91. The lowest BCUT2D eigenvalue weighted by atomic mass is 9.77. The van der Waals surface area contributed by atoms with E-state index in [2.05, 4.69) is 6.92 Å². The number of hydrogen-bond acceptors (Lipinski definition) is 3. The summed E-state index contributed by atoms with van der Waals surface area (Å²) in [5, 5.41) is 0. The van der Waals surface area contributed by atoms with Gasteiger partial charge in [-0.15, -0.1) is 0 Å². The molecule has 0 saturated heterocycles. The Balaban J connectivity index is 1.64. The molecule has 26 heavy (non-hydrogen) atoms. The summed E-state index contributed by atoms with van der Waals surface area (Å²) in [4.78, 5) is 0. The van der Waals surface area contributed by atoms with E-state index in [1.807, 2.05) is 6.07 Å². The average molecular weight is 356 g/mol. The van der Waals surface area contributed by atoms with Crippen LogP contribution in [0.1, 0.15) is 63.4 Å². The van der Waals surface area contributed by atoms with E-state index in [4.69, 9.17) is 16.2 Å². The molecule has 0 aliphatic heterocycles. The van der Waals surface area contributed by atoms with Gasteiger partial charge in [-0.3, -0.25) is 0 Å². The Morgan fingerprint density at radius 2 is 1.73 bits per heavy atom. The normalized spacial score (nSPS) is 20.1. The van der Waals surface area contributed by atoms with Crippen LogP contribution in [0.2, 0.25) is 0 Å². The molecule has 0 bridgehead atoms. The summed E-state index contributed by atoms with van der Waals surface area (Å²) in [6.07, 6.45) is 8.75. The van der Waals surface area contributed by atoms with Crippen molar-refractivity contribution in [2.24, 2.45) is 5.92 Å². The Kier molecular flexibility index (Phi) is 6.02. The van der Waals surface area contributed by atoms with Crippen LogP contribution in [-0.4, -0.2) is 0 Å². The van der Waals surface area contributed by atoms with Crippen LogP contribution in [0.15, 0.2) is 36.4 Å². The lowest BCUT2D eigenvalue weighted by molar-refractivity contribution is 0.304. The first kappa shape index (κ1) is 18.6. The number of ether oxygens (including phenoxy) is 1. The van der Waals surface area contributed by atoms with E-state index in [1.165, 1.54) is 32.1 Å². The third kappa shape index (κ3) is 4.48. The Morgan fingerprint density at radius 1 is 1.00 bits per heavy atom. The summed E-state index contributed by atoms with van der Waals surface area (Å²) in [5.41, 5.74) is 13.6. The largest absolute Gasteiger partial charge is 0.452 e. The van der Waals surface area contributed by atoms with E-state index in [1.54, 1.807) is 30.3 Å². The van der Waals surface area contributed by atoms with Crippen LogP contribution in [0, 0.1) is 11.7 Å². The summed E-state index contributed by atoms with van der Waals surface area (Å²) >= 11 is 0. The van der Waals surface area contributed by atoms with Crippen molar-refractivity contribution in [1.82, 2.24) is 0 Å². The summed E-state index contributed by atoms with van der Waals surface area (Å²) in [6.45, 7) is 2.25. The van der Waals surface area contributed by atoms with E-state index in [9.17, 15) is 4.39 Å². The fourth-order valence-electron chi connectivity index (χ4n) is 3.91. The molecule has 1 saturated carbocycles. The van der Waals surface area contributed by atoms with Crippen LogP contribution in [0.25, 0.3) is 0 Å². The summed E-state index contributed by atoms with van der Waals surface area (Å²) < 4.78 is 20.2. The van der Waals surface area contributed by atoms with Crippen molar-refractivity contribution in [2.75, 3.05) is 11.5 Å². The van der Waals surface area contributed by atoms with Crippen molar-refractivity contribution in [3.8, 4) is 11.5 Å². The van der Waals surface area contributed by atoms with Crippen molar-refractivity contribution in [3.05, 3.63) is 47.8 Å². The number of benzene rings is 2. The summed E-state index contributed by atoms with van der Waals surface area (Å²) in [5.74, 6) is 1.58. The second-order valence-electron chi connectivity index (χ2n) is 7.45. The number of nitrogen functional groups attached to an aromatic ring is 2. The number of hydrogen-bond donors (Lipinski definition) is 2. The lowest BCUT2D eigenvalue weighted by Gasteiger charge is -2.29. The highest BCUT2D eigenvalue weighted by atomic mass is 19.1. The monoisotopic (exact) mass is 356 g/mol. The molecule has 0 atom stereocenters. The maximum atomic E-state index is 14.6. The third-order valence-corrected chi connectivity index (χ3v) is 5.49. The van der Waals surface area contributed by atoms with Crippen molar-refractivity contribution >= 4 is 11.4 Å². The molecule has 140 valence electrons. The Morgan fingerprint density at radius 3 is 2.38 bits per heavy atom. The molecule has 4 heteroatoms. The van der Waals surface area contributed by atoms with Crippen molar-refractivity contribution in [3.63, 3.8) is 0 Å². The van der Waals surface area contributed by atoms with Crippen molar-refractivity contribution in [2.45, 2.75) is 57.8 Å². The van der Waals surface area contributed by atoms with Gasteiger partial charge in [-0.05, 0) is 73.4 Å². The predicted octanol–water partition coefficient (Wildman–Crippen LogP) is 6.25. The fraction of sp³-hybridized carbons (Fsp3) is 0.455. The van der Waals surface area contributed by atoms with Crippen molar-refractivity contribution < 1.29 is 9.13 Å². The Hall–Kier alpha value is -2.23. The number of unbranched alkanes of at least 4 members (excludes halogenated alkanes) is 1. The first-order chi connectivity index (χ1) is 12.6. The highest BCUT2D eigenvalue weighted by Gasteiger charge is 2.23. The van der Waals surface area contributed by atoms with Gasteiger partial charge >= 0.3 is 0 Å². The molecule has 3 rings (SSSR count).